The van der Waals surface area contributed by atoms with E-state index in [1.807, 2.05) is 29.0 Å². The molecule has 5 heterocycles. The van der Waals surface area contributed by atoms with Crippen molar-refractivity contribution in [3.05, 3.63) is 73.0 Å². The van der Waals surface area contributed by atoms with Gasteiger partial charge in [0.15, 0.2) is 11.5 Å². The number of aromatic nitrogens is 5. The fraction of sp³-hybridized carbons (Fsp3) is 0.292. The zero-order valence-electron chi connectivity index (χ0n) is 18.6. The molecule has 1 atom stereocenters. The number of nitrogens with one attached hydrogen (secondary N) is 3. The molecular weight excluding hydrogens is 414 g/mol. The van der Waals surface area contributed by atoms with Crippen LogP contribution in [-0.2, 0) is 0 Å². The molecule has 0 spiro atoms. The number of fused-ring (bicyclic) bond motifs is 1. The van der Waals surface area contributed by atoms with Gasteiger partial charge < -0.3 is 20.2 Å². The van der Waals surface area contributed by atoms with Crippen molar-refractivity contribution in [1.29, 1.82) is 0 Å². The highest BCUT2D eigenvalue weighted by Crippen LogP contribution is 2.29. The summed E-state index contributed by atoms with van der Waals surface area (Å²) in [6.45, 7) is 2.81. The number of imidazole rings is 2. The van der Waals surface area contributed by atoms with Crippen LogP contribution in [0.5, 0.6) is 0 Å². The maximum Gasteiger partial charge on any atom is 0.180 e. The van der Waals surface area contributed by atoms with Crippen molar-refractivity contribution >= 4 is 22.7 Å². The second kappa shape index (κ2) is 8.34. The van der Waals surface area contributed by atoms with E-state index < -0.39 is 0 Å². The van der Waals surface area contributed by atoms with Gasteiger partial charge in [-0.05, 0) is 43.7 Å². The normalized spacial score (nSPS) is 18.6. The van der Waals surface area contributed by atoms with Crippen LogP contribution in [0, 0.1) is 0 Å². The average Bonchev–Trinajstić information content (AvgIpc) is 3.61. The summed E-state index contributed by atoms with van der Waals surface area (Å²) in [4.78, 5) is 13.9. The van der Waals surface area contributed by atoms with Gasteiger partial charge in [0.1, 0.15) is 0 Å². The Morgan fingerprint density at radius 2 is 2.09 bits per heavy atom. The Balaban J connectivity index is 1.39. The van der Waals surface area contributed by atoms with Crippen molar-refractivity contribution in [3.8, 4) is 5.69 Å². The molecule has 2 aliphatic rings. The molecule has 1 saturated heterocycles. The maximum absolute atomic E-state index is 5.05. The first-order chi connectivity index (χ1) is 16.2. The lowest BCUT2D eigenvalue weighted by Crippen LogP contribution is -2.29. The molecule has 33 heavy (non-hydrogen) atoms. The maximum atomic E-state index is 5.05. The summed E-state index contributed by atoms with van der Waals surface area (Å²) in [6.07, 6.45) is 14.0. The summed E-state index contributed by atoms with van der Waals surface area (Å²) in [5, 5.41) is 9.03. The molecule has 0 bridgehead atoms. The van der Waals surface area contributed by atoms with E-state index in [0.717, 1.165) is 60.3 Å². The highest BCUT2D eigenvalue weighted by atomic mass is 15.5. The van der Waals surface area contributed by atoms with Crippen molar-refractivity contribution in [3.63, 3.8) is 0 Å². The van der Waals surface area contributed by atoms with Gasteiger partial charge in [-0.2, -0.15) is 0 Å². The molecule has 4 aromatic rings. The van der Waals surface area contributed by atoms with E-state index in [9.17, 15) is 0 Å². The number of piperidine rings is 1. The van der Waals surface area contributed by atoms with Gasteiger partial charge in [-0.25, -0.2) is 20.4 Å². The minimum absolute atomic E-state index is 0.390. The third kappa shape index (κ3) is 3.85. The highest BCUT2D eigenvalue weighted by molar-refractivity contribution is 5.75. The predicted molar refractivity (Wildman–Crippen MR) is 128 cm³/mol. The number of hydrogen-bond acceptors (Lipinski definition) is 7. The summed E-state index contributed by atoms with van der Waals surface area (Å²) in [6, 6.07) is 8.26. The summed E-state index contributed by atoms with van der Waals surface area (Å²) in [7, 11) is 2.01. The van der Waals surface area contributed by atoms with Crippen molar-refractivity contribution in [2.45, 2.75) is 18.8 Å². The Morgan fingerprint density at radius 3 is 2.82 bits per heavy atom. The quantitative estimate of drug-likeness (QED) is 0.439. The fourth-order valence-corrected chi connectivity index (χ4v) is 4.59. The van der Waals surface area contributed by atoms with Gasteiger partial charge in [-0.3, -0.25) is 4.40 Å². The molecule has 3 N–H and O–H groups in total. The molecule has 0 amide bonds. The Morgan fingerprint density at radius 1 is 1.18 bits per heavy atom. The zero-order valence-corrected chi connectivity index (χ0v) is 18.6. The molecule has 168 valence electrons. The number of benzene rings is 1. The van der Waals surface area contributed by atoms with Gasteiger partial charge in [0.25, 0.3) is 0 Å². The lowest BCUT2D eigenvalue weighted by Gasteiger charge is -2.23. The Bertz CT molecular complexity index is 1280. The van der Waals surface area contributed by atoms with Gasteiger partial charge in [-0.15, -0.1) is 0 Å². The molecule has 1 unspecified atom stereocenters. The lowest BCUT2D eigenvalue weighted by atomic mass is 9.96. The van der Waals surface area contributed by atoms with Crippen LogP contribution in [0.2, 0.25) is 0 Å². The molecule has 2 aliphatic heterocycles. The lowest BCUT2D eigenvalue weighted by molar-refractivity contribution is 0.374. The monoisotopic (exact) mass is 441 g/mol. The third-order valence-electron chi connectivity index (χ3n) is 6.36. The number of rotatable bonds is 5. The standard InChI is InChI=1S/C24H27N9/c1-31-14-18(12-28-31)22-13-27-24-23(30-21(15-33(22)24)17-3-2-8-25-11-17)29-19-4-6-20(7-5-19)32-10-9-26-16-32/h4-7,9-10,13-17,25,28H,2-3,8,11-12H2,1H3,(H,29,30). The number of nitrogens with zero attached hydrogens (tertiary/aromatic N) is 6. The molecule has 0 aliphatic carbocycles. The van der Waals surface area contributed by atoms with Gasteiger partial charge in [-0.1, -0.05) is 0 Å². The third-order valence-corrected chi connectivity index (χ3v) is 6.36. The van der Waals surface area contributed by atoms with Crippen LogP contribution in [0.25, 0.3) is 16.9 Å². The van der Waals surface area contributed by atoms with E-state index in [1.165, 1.54) is 12.0 Å². The Hall–Kier alpha value is -3.69. The number of hydrogen-bond donors (Lipinski definition) is 3. The van der Waals surface area contributed by atoms with Crippen molar-refractivity contribution in [1.82, 2.24) is 39.7 Å². The molecule has 9 heteroatoms. The van der Waals surface area contributed by atoms with Crippen LogP contribution in [0.4, 0.5) is 11.5 Å². The van der Waals surface area contributed by atoms with Gasteiger partial charge >= 0.3 is 0 Å². The van der Waals surface area contributed by atoms with Gasteiger partial charge in [0.2, 0.25) is 0 Å². The van der Waals surface area contributed by atoms with Crippen LogP contribution in [0.3, 0.4) is 0 Å². The topological polar surface area (TPSA) is 87.3 Å². The number of anilines is 2. The molecule has 9 nitrogen and oxygen atoms in total. The second-order valence-electron chi connectivity index (χ2n) is 8.64. The van der Waals surface area contributed by atoms with Crippen LogP contribution < -0.4 is 16.1 Å². The van der Waals surface area contributed by atoms with E-state index in [1.54, 1.807) is 12.5 Å². The zero-order chi connectivity index (χ0) is 22.2. The minimum Gasteiger partial charge on any atom is -0.337 e. The highest BCUT2D eigenvalue weighted by Gasteiger charge is 2.22. The smallest absolute Gasteiger partial charge is 0.180 e. The Kier molecular flexibility index (Phi) is 5.04. The van der Waals surface area contributed by atoms with Crippen LogP contribution in [0.1, 0.15) is 30.1 Å². The largest absolute Gasteiger partial charge is 0.337 e. The summed E-state index contributed by atoms with van der Waals surface area (Å²) >= 11 is 0. The first-order valence-electron chi connectivity index (χ1n) is 11.4. The Labute approximate surface area is 192 Å². The first-order valence-corrected chi connectivity index (χ1v) is 11.4. The summed E-state index contributed by atoms with van der Waals surface area (Å²) < 4.78 is 4.17. The SMILES string of the molecule is CN1C=C(c2cnc3c(Nc4ccc(-n5ccnc5)cc4)nc(C4CCCNC4)cn23)CN1. The average molecular weight is 442 g/mol. The van der Waals surface area contributed by atoms with Crippen LogP contribution in [-0.4, -0.2) is 55.6 Å². The van der Waals surface area contributed by atoms with E-state index in [2.05, 4.69) is 62.1 Å². The molecule has 1 fully saturated rings. The molecule has 0 saturated carbocycles. The van der Waals surface area contributed by atoms with Crippen molar-refractivity contribution < 1.29 is 0 Å². The molecular formula is C24H27N9. The van der Waals surface area contributed by atoms with Crippen molar-refractivity contribution in [2.75, 3.05) is 32.0 Å². The molecule has 1 aromatic carbocycles. The van der Waals surface area contributed by atoms with Crippen LogP contribution >= 0.6 is 0 Å². The van der Waals surface area contributed by atoms with Crippen molar-refractivity contribution in [2.24, 2.45) is 0 Å². The first kappa shape index (κ1) is 20.0. The summed E-state index contributed by atoms with van der Waals surface area (Å²) in [5.41, 5.74) is 9.57. The van der Waals surface area contributed by atoms with Gasteiger partial charge in [0.05, 0.1) is 23.9 Å². The predicted octanol–water partition coefficient (Wildman–Crippen LogP) is 2.92. The van der Waals surface area contributed by atoms with Gasteiger partial charge in [0, 0.05) is 67.8 Å². The molecule has 0 radical (unpaired) electrons. The molecule has 3 aromatic heterocycles. The van der Waals surface area contributed by atoms with Crippen LogP contribution in [0.15, 0.2) is 61.6 Å². The number of hydrazine groups is 1. The van der Waals surface area contributed by atoms with E-state index in [4.69, 9.17) is 9.97 Å². The summed E-state index contributed by atoms with van der Waals surface area (Å²) in [5.74, 6) is 1.17. The second-order valence-corrected chi connectivity index (χ2v) is 8.64. The fourth-order valence-electron chi connectivity index (χ4n) is 4.59. The molecule has 6 rings (SSSR count). The van der Waals surface area contributed by atoms with E-state index >= 15 is 0 Å². The van der Waals surface area contributed by atoms with E-state index in [0.29, 0.717) is 5.92 Å². The minimum atomic E-state index is 0.390. The van der Waals surface area contributed by atoms with E-state index in [-0.39, 0.29) is 0 Å².